The number of nitrogens with one attached hydrogen (secondary N) is 1. The van der Waals surface area contributed by atoms with Gasteiger partial charge >= 0.3 is 0 Å². The zero-order valence-corrected chi connectivity index (χ0v) is 9.75. The Morgan fingerprint density at radius 1 is 1.17 bits per heavy atom. The first-order chi connectivity index (χ1) is 8.75. The highest BCUT2D eigenvalue weighted by Gasteiger charge is 2.06. The molecule has 0 fully saturated rings. The highest BCUT2D eigenvalue weighted by molar-refractivity contribution is 5.23. The number of nitrogens with zero attached hydrogens (tertiary/aromatic N) is 2. The third kappa shape index (κ3) is 3.49. The van der Waals surface area contributed by atoms with Gasteiger partial charge in [0.2, 0.25) is 5.95 Å². The Balaban J connectivity index is 1.80. The number of aromatic nitrogens is 2. The first-order valence-electron chi connectivity index (χ1n) is 5.70. The molecule has 1 atom stereocenters. The highest BCUT2D eigenvalue weighted by Crippen LogP contribution is 2.15. The largest absolute Gasteiger partial charge is 0.388 e. The van der Waals surface area contributed by atoms with Crippen molar-refractivity contribution in [2.45, 2.75) is 12.5 Å². The van der Waals surface area contributed by atoms with Crippen molar-refractivity contribution in [2.75, 3.05) is 11.9 Å². The zero-order valence-electron chi connectivity index (χ0n) is 9.75. The Morgan fingerprint density at radius 2 is 1.83 bits per heavy atom. The van der Waals surface area contributed by atoms with Crippen molar-refractivity contribution >= 4 is 5.95 Å². The van der Waals surface area contributed by atoms with Crippen molar-refractivity contribution < 1.29 is 9.50 Å². The van der Waals surface area contributed by atoms with Crippen LogP contribution in [0.4, 0.5) is 10.3 Å². The summed E-state index contributed by atoms with van der Waals surface area (Å²) in [6.07, 6.45) is 2.20. The molecule has 4 nitrogen and oxygen atoms in total. The van der Waals surface area contributed by atoms with Gasteiger partial charge < -0.3 is 10.4 Å². The van der Waals surface area contributed by atoms with Gasteiger partial charge in [-0.25, -0.2) is 14.4 Å². The van der Waals surface area contributed by atoms with Gasteiger partial charge in [-0.3, -0.25) is 0 Å². The topological polar surface area (TPSA) is 58.0 Å². The van der Waals surface area contributed by atoms with Gasteiger partial charge in [-0.15, -0.1) is 0 Å². The van der Waals surface area contributed by atoms with E-state index in [2.05, 4.69) is 15.3 Å². The fraction of sp³-hybridized carbons (Fsp3) is 0.231. The second-order valence-corrected chi connectivity index (χ2v) is 3.87. The lowest BCUT2D eigenvalue weighted by Gasteiger charge is -2.11. The monoisotopic (exact) mass is 247 g/mol. The molecule has 0 spiro atoms. The number of aliphatic hydroxyl groups is 1. The van der Waals surface area contributed by atoms with Crippen molar-refractivity contribution in [1.82, 2.24) is 9.97 Å². The van der Waals surface area contributed by atoms with Crippen LogP contribution in [-0.4, -0.2) is 21.6 Å². The quantitative estimate of drug-likeness (QED) is 0.850. The van der Waals surface area contributed by atoms with E-state index in [1.807, 2.05) is 30.3 Å². The third-order valence-electron chi connectivity index (χ3n) is 2.51. The minimum atomic E-state index is -0.529. The smallest absolute Gasteiger partial charge is 0.222 e. The average molecular weight is 247 g/mol. The van der Waals surface area contributed by atoms with Gasteiger partial charge in [-0.1, -0.05) is 30.3 Å². The molecule has 5 heteroatoms. The predicted octanol–water partition coefficient (Wildman–Crippen LogP) is 2.15. The van der Waals surface area contributed by atoms with E-state index < -0.39 is 11.9 Å². The molecule has 18 heavy (non-hydrogen) atoms. The molecule has 1 unspecified atom stereocenters. The lowest BCUT2D eigenvalue weighted by molar-refractivity contribution is 0.171. The van der Waals surface area contributed by atoms with Crippen LogP contribution in [0.1, 0.15) is 18.1 Å². The van der Waals surface area contributed by atoms with E-state index in [1.165, 1.54) is 0 Å². The summed E-state index contributed by atoms with van der Waals surface area (Å²) in [6.45, 7) is 0.516. The standard InChI is InChI=1S/C13H14FN3O/c14-11-8-16-13(17-9-11)15-7-6-12(18)10-4-2-1-3-5-10/h1-5,8-9,12,18H,6-7H2,(H,15,16,17). The number of benzene rings is 1. The minimum absolute atomic E-state index is 0.358. The van der Waals surface area contributed by atoms with Gasteiger partial charge in [0, 0.05) is 6.54 Å². The van der Waals surface area contributed by atoms with Gasteiger partial charge in [-0.05, 0) is 12.0 Å². The molecule has 0 amide bonds. The maximum Gasteiger partial charge on any atom is 0.222 e. The number of hydrogen-bond acceptors (Lipinski definition) is 4. The van der Waals surface area contributed by atoms with E-state index in [0.29, 0.717) is 18.9 Å². The summed E-state index contributed by atoms with van der Waals surface area (Å²) in [5.41, 5.74) is 0.874. The van der Waals surface area contributed by atoms with Gasteiger partial charge in [-0.2, -0.15) is 0 Å². The van der Waals surface area contributed by atoms with Crippen molar-refractivity contribution in [3.05, 3.63) is 54.1 Å². The third-order valence-corrected chi connectivity index (χ3v) is 2.51. The Labute approximate surface area is 105 Å². The molecule has 0 aliphatic carbocycles. The van der Waals surface area contributed by atoms with Crippen molar-refractivity contribution in [3.8, 4) is 0 Å². The molecule has 0 saturated carbocycles. The van der Waals surface area contributed by atoms with Crippen LogP contribution in [0.3, 0.4) is 0 Å². The number of halogens is 1. The van der Waals surface area contributed by atoms with E-state index in [1.54, 1.807) is 0 Å². The molecule has 0 radical (unpaired) electrons. The van der Waals surface area contributed by atoms with Crippen LogP contribution in [0.25, 0.3) is 0 Å². The number of aliphatic hydroxyl groups excluding tert-OH is 1. The highest BCUT2D eigenvalue weighted by atomic mass is 19.1. The fourth-order valence-electron chi connectivity index (χ4n) is 1.57. The van der Waals surface area contributed by atoms with Crippen LogP contribution in [0.15, 0.2) is 42.7 Å². The molecule has 94 valence electrons. The van der Waals surface area contributed by atoms with E-state index in [9.17, 15) is 9.50 Å². The summed E-state index contributed by atoms with van der Waals surface area (Å²) < 4.78 is 12.6. The zero-order chi connectivity index (χ0) is 12.8. The first-order valence-corrected chi connectivity index (χ1v) is 5.70. The summed E-state index contributed by atoms with van der Waals surface area (Å²) in [5.74, 6) is -0.110. The van der Waals surface area contributed by atoms with Gasteiger partial charge in [0.15, 0.2) is 5.82 Å². The molecule has 1 aromatic heterocycles. The van der Waals surface area contributed by atoms with Gasteiger partial charge in [0.1, 0.15) is 0 Å². The van der Waals surface area contributed by atoms with Crippen molar-refractivity contribution in [1.29, 1.82) is 0 Å². The molecule has 0 aliphatic rings. The van der Waals surface area contributed by atoms with Crippen LogP contribution in [0.2, 0.25) is 0 Å². The maximum absolute atomic E-state index is 12.6. The molecule has 1 heterocycles. The molecule has 2 aromatic rings. The Bertz CT molecular complexity index is 475. The van der Waals surface area contributed by atoms with E-state index in [0.717, 1.165) is 18.0 Å². The molecule has 2 rings (SSSR count). The SMILES string of the molecule is OC(CCNc1ncc(F)cn1)c1ccccc1. The Kier molecular flexibility index (Phi) is 4.20. The second-order valence-electron chi connectivity index (χ2n) is 3.87. The number of rotatable bonds is 5. The summed E-state index contributed by atoms with van der Waals surface area (Å²) in [6, 6.07) is 9.42. The fourth-order valence-corrected chi connectivity index (χ4v) is 1.57. The van der Waals surface area contributed by atoms with Gasteiger partial charge in [0.25, 0.3) is 0 Å². The maximum atomic E-state index is 12.6. The Morgan fingerprint density at radius 3 is 2.50 bits per heavy atom. The summed E-state index contributed by atoms with van der Waals surface area (Å²) in [5, 5.41) is 12.8. The predicted molar refractivity (Wildman–Crippen MR) is 66.5 cm³/mol. The van der Waals surface area contributed by atoms with E-state index in [4.69, 9.17) is 0 Å². The second kappa shape index (κ2) is 6.07. The van der Waals surface area contributed by atoms with Crippen molar-refractivity contribution in [3.63, 3.8) is 0 Å². The number of anilines is 1. The normalized spacial score (nSPS) is 12.1. The molecule has 1 aromatic carbocycles. The van der Waals surface area contributed by atoms with Crippen LogP contribution in [0.5, 0.6) is 0 Å². The molecular weight excluding hydrogens is 233 g/mol. The lowest BCUT2D eigenvalue weighted by atomic mass is 10.1. The average Bonchev–Trinajstić information content (AvgIpc) is 2.42. The van der Waals surface area contributed by atoms with Gasteiger partial charge in [0.05, 0.1) is 18.5 Å². The lowest BCUT2D eigenvalue weighted by Crippen LogP contribution is -2.09. The molecule has 2 N–H and O–H groups in total. The van der Waals surface area contributed by atoms with Crippen LogP contribution < -0.4 is 5.32 Å². The molecule has 0 saturated heterocycles. The molecule has 0 aliphatic heterocycles. The number of hydrogen-bond donors (Lipinski definition) is 2. The van der Waals surface area contributed by atoms with Crippen molar-refractivity contribution in [2.24, 2.45) is 0 Å². The van der Waals surface area contributed by atoms with E-state index in [-0.39, 0.29) is 0 Å². The minimum Gasteiger partial charge on any atom is -0.388 e. The summed E-state index contributed by atoms with van der Waals surface area (Å²) >= 11 is 0. The summed E-state index contributed by atoms with van der Waals surface area (Å²) in [7, 11) is 0. The van der Waals surface area contributed by atoms with Crippen LogP contribution >= 0.6 is 0 Å². The molecule has 0 bridgehead atoms. The summed E-state index contributed by atoms with van der Waals surface area (Å²) in [4.78, 5) is 7.54. The van der Waals surface area contributed by atoms with Crippen LogP contribution in [-0.2, 0) is 0 Å². The Hall–Kier alpha value is -2.01. The van der Waals surface area contributed by atoms with E-state index >= 15 is 0 Å². The van der Waals surface area contributed by atoms with Crippen LogP contribution in [0, 0.1) is 5.82 Å². The first kappa shape index (κ1) is 12.4. The molecular formula is C13H14FN3O.